The zero-order valence-corrected chi connectivity index (χ0v) is 8.60. The van der Waals surface area contributed by atoms with Gasteiger partial charge in [-0.2, -0.15) is 0 Å². The van der Waals surface area contributed by atoms with Gasteiger partial charge in [0.15, 0.2) is 0 Å². The molecule has 1 aromatic heterocycles. The van der Waals surface area contributed by atoms with Crippen molar-refractivity contribution in [3.05, 3.63) is 61.2 Å². The van der Waals surface area contributed by atoms with E-state index in [0.29, 0.717) is 0 Å². The van der Waals surface area contributed by atoms with Gasteiger partial charge in [-0.15, -0.1) is 0 Å². The molecule has 2 nitrogen and oxygen atoms in total. The molecule has 0 saturated carbocycles. The maximum Gasteiger partial charge on any atom is 0.116 e. The lowest BCUT2D eigenvalue weighted by Gasteiger charge is -2.00. The molecule has 79 valence electrons. The lowest BCUT2D eigenvalue weighted by molar-refractivity contribution is 0.673. The predicted molar refractivity (Wildman–Crippen MR) is 61.9 cm³/mol. The van der Waals surface area contributed by atoms with Crippen molar-refractivity contribution in [1.82, 2.24) is 9.97 Å². The SMILES string of the molecule is [CH2]/C(F)=C\c1ccc(-c2ccncn2)cc1. The summed E-state index contributed by atoms with van der Waals surface area (Å²) in [6, 6.07) is 9.24. The third kappa shape index (κ3) is 2.51. The molecular formula is C13H10FN2. The molecule has 1 heterocycles. The van der Waals surface area contributed by atoms with Crippen molar-refractivity contribution in [2.24, 2.45) is 0 Å². The van der Waals surface area contributed by atoms with Crippen LogP contribution in [-0.2, 0) is 0 Å². The molecule has 2 aromatic rings. The van der Waals surface area contributed by atoms with Gasteiger partial charge in [0.1, 0.15) is 12.2 Å². The first-order valence-electron chi connectivity index (χ1n) is 4.81. The van der Waals surface area contributed by atoms with Crippen molar-refractivity contribution in [2.45, 2.75) is 0 Å². The quantitative estimate of drug-likeness (QED) is 0.765. The molecule has 0 unspecified atom stereocenters. The highest BCUT2D eigenvalue weighted by molar-refractivity contribution is 5.62. The van der Waals surface area contributed by atoms with Gasteiger partial charge in [-0.25, -0.2) is 14.4 Å². The molecule has 0 spiro atoms. The van der Waals surface area contributed by atoms with E-state index in [4.69, 9.17) is 0 Å². The van der Waals surface area contributed by atoms with Crippen LogP contribution in [0, 0.1) is 6.92 Å². The van der Waals surface area contributed by atoms with Crippen LogP contribution in [0.2, 0.25) is 0 Å². The number of hydrogen-bond acceptors (Lipinski definition) is 2. The molecule has 0 aliphatic heterocycles. The highest BCUT2D eigenvalue weighted by atomic mass is 19.1. The van der Waals surface area contributed by atoms with Gasteiger partial charge < -0.3 is 0 Å². The second-order valence-corrected chi connectivity index (χ2v) is 3.31. The molecule has 16 heavy (non-hydrogen) atoms. The molecule has 0 saturated heterocycles. The summed E-state index contributed by atoms with van der Waals surface area (Å²) in [6.45, 7) is 3.19. The first kappa shape index (κ1) is 10.5. The van der Waals surface area contributed by atoms with Gasteiger partial charge in [-0.3, -0.25) is 0 Å². The number of aromatic nitrogens is 2. The van der Waals surface area contributed by atoms with Crippen molar-refractivity contribution in [1.29, 1.82) is 0 Å². The highest BCUT2D eigenvalue weighted by Crippen LogP contribution is 2.17. The van der Waals surface area contributed by atoms with E-state index in [1.807, 2.05) is 30.3 Å². The minimum Gasteiger partial charge on any atom is -0.245 e. The van der Waals surface area contributed by atoms with E-state index in [-0.39, 0.29) is 0 Å². The summed E-state index contributed by atoms with van der Waals surface area (Å²) in [5.74, 6) is -0.449. The minimum atomic E-state index is -0.449. The number of allylic oxidation sites excluding steroid dienone is 1. The molecular weight excluding hydrogens is 203 g/mol. The van der Waals surface area contributed by atoms with E-state index in [9.17, 15) is 4.39 Å². The zero-order valence-electron chi connectivity index (χ0n) is 8.60. The Bertz CT molecular complexity index is 485. The van der Waals surface area contributed by atoms with Crippen LogP contribution in [0.5, 0.6) is 0 Å². The second kappa shape index (κ2) is 4.66. The average Bonchev–Trinajstić information content (AvgIpc) is 2.30. The summed E-state index contributed by atoms with van der Waals surface area (Å²) >= 11 is 0. The molecule has 0 fully saturated rings. The largest absolute Gasteiger partial charge is 0.245 e. The number of benzene rings is 1. The smallest absolute Gasteiger partial charge is 0.116 e. The Kier molecular flexibility index (Phi) is 3.05. The average molecular weight is 213 g/mol. The summed E-state index contributed by atoms with van der Waals surface area (Å²) < 4.78 is 12.5. The Labute approximate surface area is 93.5 Å². The maximum atomic E-state index is 12.5. The molecule has 0 amide bonds. The van der Waals surface area contributed by atoms with Crippen molar-refractivity contribution >= 4 is 6.08 Å². The Balaban J connectivity index is 2.30. The van der Waals surface area contributed by atoms with Crippen LogP contribution in [0.3, 0.4) is 0 Å². The van der Waals surface area contributed by atoms with Crippen LogP contribution in [0.25, 0.3) is 17.3 Å². The normalized spacial score (nSPS) is 11.5. The fourth-order valence-electron chi connectivity index (χ4n) is 1.39. The maximum absolute atomic E-state index is 12.5. The molecule has 1 aromatic carbocycles. The number of rotatable bonds is 2. The fourth-order valence-corrected chi connectivity index (χ4v) is 1.39. The summed E-state index contributed by atoms with van der Waals surface area (Å²) in [5, 5.41) is 0. The van der Waals surface area contributed by atoms with E-state index < -0.39 is 5.83 Å². The topological polar surface area (TPSA) is 25.8 Å². The summed E-state index contributed by atoms with van der Waals surface area (Å²) in [7, 11) is 0. The molecule has 0 aliphatic carbocycles. The van der Waals surface area contributed by atoms with Crippen LogP contribution in [-0.4, -0.2) is 9.97 Å². The van der Waals surface area contributed by atoms with Gasteiger partial charge in [-0.05, 0) is 17.7 Å². The van der Waals surface area contributed by atoms with Gasteiger partial charge in [0, 0.05) is 18.7 Å². The van der Waals surface area contributed by atoms with E-state index in [1.165, 1.54) is 12.4 Å². The molecule has 2 rings (SSSR count). The molecule has 0 aliphatic rings. The predicted octanol–water partition coefficient (Wildman–Crippen LogP) is 3.29. The van der Waals surface area contributed by atoms with Gasteiger partial charge in [0.25, 0.3) is 0 Å². The van der Waals surface area contributed by atoms with E-state index >= 15 is 0 Å². The third-order valence-electron chi connectivity index (χ3n) is 2.11. The summed E-state index contributed by atoms with van der Waals surface area (Å²) in [5.41, 5.74) is 2.61. The van der Waals surface area contributed by atoms with E-state index in [0.717, 1.165) is 16.8 Å². The Morgan fingerprint density at radius 2 is 1.94 bits per heavy atom. The standard InChI is InChI=1S/C13H10FN2/c1-10(14)8-11-2-4-12(5-3-11)13-6-7-15-9-16-13/h2-9H,1H2/b10-8+. The Hall–Kier alpha value is -2.03. The van der Waals surface area contributed by atoms with Crippen LogP contribution < -0.4 is 0 Å². The summed E-state index contributed by atoms with van der Waals surface area (Å²) in [6.07, 6.45) is 4.56. The lowest BCUT2D eigenvalue weighted by Crippen LogP contribution is -1.83. The van der Waals surface area contributed by atoms with Gasteiger partial charge in [0.05, 0.1) is 5.69 Å². The van der Waals surface area contributed by atoms with Crippen molar-refractivity contribution in [3.8, 4) is 11.3 Å². The number of hydrogen-bond donors (Lipinski definition) is 0. The van der Waals surface area contributed by atoms with Crippen LogP contribution in [0.15, 0.2) is 48.7 Å². The van der Waals surface area contributed by atoms with Crippen LogP contribution in [0.1, 0.15) is 5.56 Å². The van der Waals surface area contributed by atoms with Crippen molar-refractivity contribution in [3.63, 3.8) is 0 Å². The molecule has 3 heteroatoms. The van der Waals surface area contributed by atoms with Gasteiger partial charge >= 0.3 is 0 Å². The molecule has 0 N–H and O–H groups in total. The van der Waals surface area contributed by atoms with Crippen LogP contribution in [0.4, 0.5) is 4.39 Å². The molecule has 0 bridgehead atoms. The minimum absolute atomic E-state index is 0.449. The zero-order chi connectivity index (χ0) is 11.4. The lowest BCUT2D eigenvalue weighted by atomic mass is 10.1. The number of halogens is 1. The summed E-state index contributed by atoms with van der Waals surface area (Å²) in [4.78, 5) is 7.98. The molecule has 1 radical (unpaired) electrons. The first-order chi connectivity index (χ1) is 7.75. The monoisotopic (exact) mass is 213 g/mol. The number of nitrogens with zero attached hydrogens (tertiary/aromatic N) is 2. The fraction of sp³-hybridized carbons (Fsp3) is 0. The van der Waals surface area contributed by atoms with Crippen molar-refractivity contribution < 1.29 is 4.39 Å². The van der Waals surface area contributed by atoms with Crippen molar-refractivity contribution in [2.75, 3.05) is 0 Å². The van der Waals surface area contributed by atoms with Crippen LogP contribution >= 0.6 is 0 Å². The van der Waals surface area contributed by atoms with E-state index in [1.54, 1.807) is 6.20 Å². The van der Waals surface area contributed by atoms with E-state index in [2.05, 4.69) is 16.9 Å². The first-order valence-corrected chi connectivity index (χ1v) is 4.81. The highest BCUT2D eigenvalue weighted by Gasteiger charge is 1.97. The molecule has 0 atom stereocenters. The van der Waals surface area contributed by atoms with Gasteiger partial charge in [0.2, 0.25) is 0 Å². The Morgan fingerprint density at radius 1 is 1.19 bits per heavy atom. The third-order valence-corrected chi connectivity index (χ3v) is 2.11. The Morgan fingerprint density at radius 3 is 2.50 bits per heavy atom. The van der Waals surface area contributed by atoms with Gasteiger partial charge in [-0.1, -0.05) is 24.3 Å². The second-order valence-electron chi connectivity index (χ2n) is 3.31.